The van der Waals surface area contributed by atoms with E-state index in [1.807, 2.05) is 6.07 Å². The molecule has 0 N–H and O–H groups in total. The fraction of sp³-hybridized carbons (Fsp3) is 0.333. The van der Waals surface area contributed by atoms with E-state index in [2.05, 4.69) is 0 Å². The number of nitrogens with zero attached hydrogens (tertiary/aromatic N) is 1. The fourth-order valence-corrected chi connectivity index (χ4v) is 3.03. The van der Waals surface area contributed by atoms with Crippen molar-refractivity contribution >= 4 is 23.5 Å². The summed E-state index contributed by atoms with van der Waals surface area (Å²) in [5.74, 6) is 0.0945. The van der Waals surface area contributed by atoms with E-state index >= 15 is 0 Å². The summed E-state index contributed by atoms with van der Waals surface area (Å²) in [6.45, 7) is 2.15. The molecule has 0 spiro atoms. The number of halogens is 1. The number of rotatable bonds is 7. The van der Waals surface area contributed by atoms with Gasteiger partial charge >= 0.3 is 5.97 Å². The number of hydrogen-bond donors (Lipinski definition) is 0. The molecule has 1 saturated heterocycles. The third kappa shape index (κ3) is 5.85. The van der Waals surface area contributed by atoms with Crippen molar-refractivity contribution in [1.82, 2.24) is 4.90 Å². The molecule has 2 aromatic rings. The number of esters is 1. The Balaban J connectivity index is 1.58. The van der Waals surface area contributed by atoms with Gasteiger partial charge in [0.15, 0.2) is 18.1 Å². The van der Waals surface area contributed by atoms with Crippen LogP contribution in [0.5, 0.6) is 11.5 Å². The summed E-state index contributed by atoms with van der Waals surface area (Å²) in [6, 6.07) is 11.8. The second kappa shape index (κ2) is 10.1. The first-order chi connectivity index (χ1) is 14.1. The van der Waals surface area contributed by atoms with Gasteiger partial charge in [-0.05, 0) is 35.9 Å². The highest BCUT2D eigenvalue weighted by Crippen LogP contribution is 2.28. The van der Waals surface area contributed by atoms with Gasteiger partial charge in [0.1, 0.15) is 6.61 Å². The van der Waals surface area contributed by atoms with Gasteiger partial charge < -0.3 is 23.8 Å². The van der Waals surface area contributed by atoms with Crippen LogP contribution in [0.4, 0.5) is 0 Å². The topological polar surface area (TPSA) is 74.3 Å². The number of morpholine rings is 1. The monoisotopic (exact) mass is 419 g/mol. The molecule has 2 aromatic carbocycles. The summed E-state index contributed by atoms with van der Waals surface area (Å²) >= 11 is 5.93. The number of hydrogen-bond acceptors (Lipinski definition) is 6. The summed E-state index contributed by atoms with van der Waals surface area (Å²) < 4.78 is 21.4. The summed E-state index contributed by atoms with van der Waals surface area (Å²) in [5.41, 5.74) is 1.11. The largest absolute Gasteiger partial charge is 0.493 e. The Morgan fingerprint density at radius 1 is 1.10 bits per heavy atom. The van der Waals surface area contributed by atoms with Gasteiger partial charge in [-0.15, -0.1) is 0 Å². The molecule has 0 radical (unpaired) electrons. The van der Waals surface area contributed by atoms with Crippen LogP contribution in [0.2, 0.25) is 5.02 Å². The third-order valence-electron chi connectivity index (χ3n) is 4.37. The quantitative estimate of drug-likeness (QED) is 0.642. The van der Waals surface area contributed by atoms with Crippen LogP contribution in [0, 0.1) is 0 Å². The number of amides is 1. The van der Waals surface area contributed by atoms with E-state index in [9.17, 15) is 9.59 Å². The molecular formula is C21H22ClNO6. The molecule has 29 heavy (non-hydrogen) atoms. The van der Waals surface area contributed by atoms with Crippen LogP contribution in [-0.2, 0) is 20.9 Å². The van der Waals surface area contributed by atoms with Crippen molar-refractivity contribution < 1.29 is 28.5 Å². The van der Waals surface area contributed by atoms with E-state index in [-0.39, 0.29) is 19.1 Å². The van der Waals surface area contributed by atoms with Crippen LogP contribution in [0.3, 0.4) is 0 Å². The maximum Gasteiger partial charge on any atom is 0.338 e. The van der Waals surface area contributed by atoms with Crippen molar-refractivity contribution in [3.8, 4) is 11.5 Å². The van der Waals surface area contributed by atoms with E-state index in [1.54, 1.807) is 35.2 Å². The van der Waals surface area contributed by atoms with Gasteiger partial charge in [-0.25, -0.2) is 4.79 Å². The first-order valence-corrected chi connectivity index (χ1v) is 9.52. The predicted molar refractivity (Wildman–Crippen MR) is 106 cm³/mol. The van der Waals surface area contributed by atoms with Crippen LogP contribution in [0.15, 0.2) is 42.5 Å². The minimum atomic E-state index is -0.501. The van der Waals surface area contributed by atoms with Crippen molar-refractivity contribution in [3.05, 3.63) is 58.6 Å². The average molecular weight is 420 g/mol. The molecule has 1 aliphatic rings. The molecule has 0 bridgehead atoms. The zero-order valence-electron chi connectivity index (χ0n) is 16.1. The zero-order chi connectivity index (χ0) is 20.6. The van der Waals surface area contributed by atoms with Gasteiger partial charge in [0.05, 0.1) is 25.9 Å². The molecule has 0 saturated carbocycles. The molecule has 0 unspecified atom stereocenters. The highest BCUT2D eigenvalue weighted by Gasteiger charge is 2.19. The number of benzene rings is 2. The van der Waals surface area contributed by atoms with Gasteiger partial charge in [-0.3, -0.25) is 4.79 Å². The molecule has 7 nitrogen and oxygen atoms in total. The Morgan fingerprint density at radius 3 is 2.62 bits per heavy atom. The van der Waals surface area contributed by atoms with Gasteiger partial charge in [-0.2, -0.15) is 0 Å². The summed E-state index contributed by atoms with van der Waals surface area (Å²) in [5, 5.41) is 0.577. The molecule has 0 atom stereocenters. The number of carbonyl (C=O) groups is 2. The Hall–Kier alpha value is -2.77. The van der Waals surface area contributed by atoms with Gasteiger partial charge in [-0.1, -0.05) is 23.7 Å². The van der Waals surface area contributed by atoms with E-state index < -0.39 is 5.97 Å². The van der Waals surface area contributed by atoms with Gasteiger partial charge in [0, 0.05) is 18.1 Å². The average Bonchev–Trinajstić information content (AvgIpc) is 2.76. The Morgan fingerprint density at radius 2 is 1.90 bits per heavy atom. The van der Waals surface area contributed by atoms with Crippen molar-refractivity contribution in [2.24, 2.45) is 0 Å². The number of ether oxygens (including phenoxy) is 4. The predicted octanol–water partition coefficient (Wildman–Crippen LogP) is 2.94. The molecule has 1 fully saturated rings. The highest BCUT2D eigenvalue weighted by atomic mass is 35.5. The minimum absolute atomic E-state index is 0.105. The van der Waals surface area contributed by atoms with Crippen molar-refractivity contribution in [2.45, 2.75) is 6.61 Å². The van der Waals surface area contributed by atoms with Gasteiger partial charge in [0.25, 0.3) is 5.91 Å². The lowest BCUT2D eigenvalue weighted by Crippen LogP contribution is -2.43. The second-order valence-electron chi connectivity index (χ2n) is 6.35. The summed E-state index contributed by atoms with van der Waals surface area (Å²) in [7, 11) is 1.47. The lowest BCUT2D eigenvalue weighted by Gasteiger charge is -2.26. The Kier molecular flexibility index (Phi) is 7.32. The van der Waals surface area contributed by atoms with E-state index in [1.165, 1.54) is 13.2 Å². The zero-order valence-corrected chi connectivity index (χ0v) is 16.8. The van der Waals surface area contributed by atoms with Crippen LogP contribution in [0.25, 0.3) is 0 Å². The molecule has 1 amide bonds. The molecule has 3 rings (SSSR count). The molecule has 8 heteroatoms. The molecule has 1 aliphatic heterocycles. The Labute approximate surface area is 174 Å². The van der Waals surface area contributed by atoms with E-state index in [0.717, 1.165) is 5.56 Å². The standard InChI is InChI=1S/C21H22ClNO6/c1-26-19-12-16(21(25)29-13-15-3-2-4-17(22)11-15)5-6-18(19)28-14-20(24)23-7-9-27-10-8-23/h2-6,11-12H,7-10,13-14H2,1H3. The smallest absolute Gasteiger partial charge is 0.338 e. The third-order valence-corrected chi connectivity index (χ3v) is 4.61. The van der Waals surface area contributed by atoms with Crippen LogP contribution >= 0.6 is 11.6 Å². The lowest BCUT2D eigenvalue weighted by molar-refractivity contribution is -0.137. The molecular weight excluding hydrogens is 398 g/mol. The van der Waals surface area contributed by atoms with Gasteiger partial charge in [0.2, 0.25) is 0 Å². The maximum absolute atomic E-state index is 12.3. The maximum atomic E-state index is 12.3. The Bertz CT molecular complexity index is 866. The second-order valence-corrected chi connectivity index (χ2v) is 6.79. The number of methoxy groups -OCH3 is 1. The minimum Gasteiger partial charge on any atom is -0.493 e. The summed E-state index contributed by atoms with van der Waals surface area (Å²) in [6.07, 6.45) is 0. The lowest BCUT2D eigenvalue weighted by atomic mass is 10.2. The first-order valence-electron chi connectivity index (χ1n) is 9.15. The van der Waals surface area contributed by atoms with E-state index in [0.29, 0.717) is 48.4 Å². The van der Waals surface area contributed by atoms with Crippen LogP contribution in [-0.4, -0.2) is 56.8 Å². The fourth-order valence-electron chi connectivity index (χ4n) is 2.82. The van der Waals surface area contributed by atoms with Crippen LogP contribution in [0.1, 0.15) is 15.9 Å². The normalized spacial score (nSPS) is 13.7. The molecule has 154 valence electrons. The van der Waals surface area contributed by atoms with Crippen molar-refractivity contribution in [1.29, 1.82) is 0 Å². The molecule has 1 heterocycles. The highest BCUT2D eigenvalue weighted by molar-refractivity contribution is 6.30. The SMILES string of the molecule is COc1cc(C(=O)OCc2cccc(Cl)c2)ccc1OCC(=O)N1CCOCC1. The summed E-state index contributed by atoms with van der Waals surface area (Å²) in [4.78, 5) is 26.2. The first kappa shape index (κ1) is 21.0. The van der Waals surface area contributed by atoms with Crippen LogP contribution < -0.4 is 9.47 Å². The van der Waals surface area contributed by atoms with Crippen molar-refractivity contribution in [2.75, 3.05) is 40.0 Å². The van der Waals surface area contributed by atoms with Crippen molar-refractivity contribution in [3.63, 3.8) is 0 Å². The number of carbonyl (C=O) groups excluding carboxylic acids is 2. The van der Waals surface area contributed by atoms with E-state index in [4.69, 9.17) is 30.5 Å². The molecule has 0 aromatic heterocycles. The molecule has 0 aliphatic carbocycles.